The monoisotopic (exact) mass is 490 g/mol. The lowest BCUT2D eigenvalue weighted by atomic mass is 9.73. The zero-order chi connectivity index (χ0) is 24.6. The largest absolute Gasteiger partial charge is 0.395 e. The van der Waals surface area contributed by atoms with E-state index < -0.39 is 23.9 Å². The molecule has 0 bridgehead atoms. The van der Waals surface area contributed by atoms with E-state index in [0.717, 1.165) is 25.9 Å². The Morgan fingerprint density at radius 2 is 2.00 bits per heavy atom. The average Bonchev–Trinajstić information content (AvgIpc) is 3.35. The summed E-state index contributed by atoms with van der Waals surface area (Å²) in [5, 5.41) is 16.4. The number of nitrogens with one attached hydrogen (secondary N) is 4. The van der Waals surface area contributed by atoms with Crippen LogP contribution in [0, 0.1) is 29.6 Å². The zero-order valence-corrected chi connectivity index (χ0v) is 20.4. The van der Waals surface area contributed by atoms with Crippen molar-refractivity contribution in [1.82, 2.24) is 31.3 Å². The molecule has 0 aromatic carbocycles. The first kappa shape index (κ1) is 26.1. The van der Waals surface area contributed by atoms with Crippen molar-refractivity contribution in [3.8, 4) is 0 Å². The van der Waals surface area contributed by atoms with E-state index in [-0.39, 0.29) is 50.0 Å². The summed E-state index contributed by atoms with van der Waals surface area (Å²) < 4.78 is 41.2. The van der Waals surface area contributed by atoms with Gasteiger partial charge in [0.1, 0.15) is 0 Å². The maximum atomic E-state index is 13.7. The fraction of sp³-hybridized carbons (Fsp3) is 0.957. The molecule has 1 amide bonds. The number of aliphatic hydroxyl groups is 1. The Bertz CT molecular complexity index is 713. The fourth-order valence-electron chi connectivity index (χ4n) is 6.58. The highest BCUT2D eigenvalue weighted by atomic mass is 19.4. The number of rotatable bonds is 7. The molecule has 1 saturated carbocycles. The third kappa shape index (κ3) is 5.54. The maximum Gasteiger partial charge on any atom is 0.392 e. The molecule has 5 N–H and O–H groups in total. The molecule has 4 fully saturated rings. The minimum absolute atomic E-state index is 0.00835. The number of hydrazine groups is 1. The van der Waals surface area contributed by atoms with Crippen molar-refractivity contribution >= 4 is 5.91 Å². The number of hydrogen-bond acceptors (Lipinski definition) is 7. The third-order valence-corrected chi connectivity index (χ3v) is 8.61. The van der Waals surface area contributed by atoms with Crippen LogP contribution in [0.25, 0.3) is 0 Å². The van der Waals surface area contributed by atoms with Crippen molar-refractivity contribution in [2.24, 2.45) is 29.6 Å². The van der Waals surface area contributed by atoms with Crippen LogP contribution in [0.4, 0.5) is 13.2 Å². The van der Waals surface area contributed by atoms with Gasteiger partial charge in [-0.2, -0.15) is 13.2 Å². The molecular formula is C23H41F3N6O2. The SMILES string of the molecule is C[C@H](CO)NC1CC([C@H](C)CC2NNCN2C)CC(N2CC3C(CCCC3C(F)(F)F)C2=O)N1. The van der Waals surface area contributed by atoms with Gasteiger partial charge in [-0.25, -0.2) is 10.9 Å². The van der Waals surface area contributed by atoms with Crippen LogP contribution in [-0.4, -0.2) is 78.4 Å². The van der Waals surface area contributed by atoms with Gasteiger partial charge in [0, 0.05) is 18.5 Å². The van der Waals surface area contributed by atoms with Gasteiger partial charge in [-0.15, -0.1) is 0 Å². The topological polar surface area (TPSA) is 91.9 Å². The zero-order valence-electron chi connectivity index (χ0n) is 20.4. The second-order valence-electron chi connectivity index (χ2n) is 11.0. The van der Waals surface area contributed by atoms with Crippen LogP contribution in [0.15, 0.2) is 0 Å². The second kappa shape index (κ2) is 10.6. The van der Waals surface area contributed by atoms with E-state index in [0.29, 0.717) is 24.7 Å². The Kier molecular flexibility index (Phi) is 8.10. The van der Waals surface area contributed by atoms with Crippen LogP contribution >= 0.6 is 0 Å². The molecule has 0 radical (unpaired) electrons. The van der Waals surface area contributed by atoms with Gasteiger partial charge in [0.25, 0.3) is 0 Å². The lowest BCUT2D eigenvalue weighted by Gasteiger charge is -2.44. The van der Waals surface area contributed by atoms with E-state index in [1.807, 2.05) is 6.92 Å². The van der Waals surface area contributed by atoms with Crippen molar-refractivity contribution in [1.29, 1.82) is 0 Å². The number of aliphatic hydroxyl groups excluding tert-OH is 1. The molecule has 3 saturated heterocycles. The number of alkyl halides is 3. The van der Waals surface area contributed by atoms with E-state index in [1.165, 1.54) is 0 Å². The first-order valence-electron chi connectivity index (χ1n) is 12.8. The summed E-state index contributed by atoms with van der Waals surface area (Å²) in [4.78, 5) is 17.2. The molecule has 8 nitrogen and oxygen atoms in total. The lowest BCUT2D eigenvalue weighted by Crippen LogP contribution is -2.61. The molecule has 11 heteroatoms. The molecule has 4 aliphatic rings. The minimum atomic E-state index is -4.26. The Labute approximate surface area is 200 Å². The van der Waals surface area contributed by atoms with E-state index in [1.54, 1.807) is 4.90 Å². The average molecular weight is 491 g/mol. The van der Waals surface area contributed by atoms with E-state index in [9.17, 15) is 23.1 Å². The van der Waals surface area contributed by atoms with Gasteiger partial charge >= 0.3 is 6.18 Å². The van der Waals surface area contributed by atoms with Crippen molar-refractivity contribution in [2.45, 2.75) is 83.1 Å². The second-order valence-corrected chi connectivity index (χ2v) is 11.0. The highest BCUT2D eigenvalue weighted by Crippen LogP contribution is 2.48. The van der Waals surface area contributed by atoms with Crippen molar-refractivity contribution < 1.29 is 23.1 Å². The fourth-order valence-corrected chi connectivity index (χ4v) is 6.58. The molecule has 196 valence electrons. The van der Waals surface area contributed by atoms with Gasteiger partial charge in [-0.05, 0) is 63.8 Å². The molecule has 0 aromatic rings. The van der Waals surface area contributed by atoms with Crippen LogP contribution in [0.3, 0.4) is 0 Å². The van der Waals surface area contributed by atoms with Gasteiger partial charge in [0.15, 0.2) is 0 Å². The summed E-state index contributed by atoms with van der Waals surface area (Å²) >= 11 is 0. The minimum Gasteiger partial charge on any atom is -0.395 e. The Morgan fingerprint density at radius 1 is 1.24 bits per heavy atom. The Hall–Kier alpha value is -0.980. The normalized spacial score (nSPS) is 39.3. The maximum absolute atomic E-state index is 13.7. The number of piperidine rings is 1. The van der Waals surface area contributed by atoms with E-state index >= 15 is 0 Å². The molecule has 0 aromatic heterocycles. The summed E-state index contributed by atoms with van der Waals surface area (Å²) in [7, 11) is 2.06. The number of carbonyl (C=O) groups excluding carboxylic acids is 1. The Morgan fingerprint density at radius 3 is 2.65 bits per heavy atom. The number of fused-ring (bicyclic) bond motifs is 1. The molecule has 34 heavy (non-hydrogen) atoms. The summed E-state index contributed by atoms with van der Waals surface area (Å²) in [6, 6.07) is -0.120. The summed E-state index contributed by atoms with van der Waals surface area (Å²) in [6.07, 6.45) is -0.841. The van der Waals surface area contributed by atoms with Crippen LogP contribution < -0.4 is 21.5 Å². The number of likely N-dealkylation sites (tertiary alicyclic amines) is 1. The van der Waals surface area contributed by atoms with Crippen LogP contribution in [-0.2, 0) is 4.79 Å². The predicted octanol–water partition coefficient (Wildman–Crippen LogP) is 1.40. The molecule has 7 unspecified atom stereocenters. The van der Waals surface area contributed by atoms with E-state index in [2.05, 4.69) is 40.4 Å². The number of carbonyl (C=O) groups is 1. The number of halogens is 3. The molecule has 3 heterocycles. The van der Waals surface area contributed by atoms with Crippen LogP contribution in [0.2, 0.25) is 0 Å². The highest BCUT2D eigenvalue weighted by Gasteiger charge is 2.56. The van der Waals surface area contributed by atoms with Gasteiger partial charge in [0.05, 0.1) is 37.7 Å². The van der Waals surface area contributed by atoms with Crippen LogP contribution in [0.1, 0.15) is 52.4 Å². The number of hydrogen-bond donors (Lipinski definition) is 5. The van der Waals surface area contributed by atoms with Crippen molar-refractivity contribution in [2.75, 3.05) is 26.9 Å². The standard InChI is InChI=1S/C23H41F3N6O2/c1-13(7-21-30-27-12-31(21)3)15-8-19(28-14(2)11-33)29-20(9-15)32-10-17-16(22(32)34)5-4-6-18(17)23(24,25)26/h13-21,27-30,33H,4-12H2,1-3H3/t13-,14-,15?,16?,17?,18?,19?,20?,21?/m1/s1. The van der Waals surface area contributed by atoms with Gasteiger partial charge in [-0.1, -0.05) is 13.3 Å². The summed E-state index contributed by atoms with van der Waals surface area (Å²) in [6.45, 7) is 5.06. The van der Waals surface area contributed by atoms with Gasteiger partial charge < -0.3 is 10.0 Å². The van der Waals surface area contributed by atoms with Gasteiger partial charge in [0.2, 0.25) is 5.91 Å². The molecule has 0 spiro atoms. The number of amides is 1. The Balaban J connectivity index is 1.49. The highest BCUT2D eigenvalue weighted by molar-refractivity contribution is 5.82. The molecule has 1 aliphatic carbocycles. The first-order chi connectivity index (χ1) is 16.1. The van der Waals surface area contributed by atoms with Crippen molar-refractivity contribution in [3.05, 3.63) is 0 Å². The summed E-state index contributed by atoms with van der Waals surface area (Å²) in [5.74, 6) is -2.05. The first-order valence-corrected chi connectivity index (χ1v) is 12.8. The lowest BCUT2D eigenvalue weighted by molar-refractivity contribution is -0.198. The van der Waals surface area contributed by atoms with Crippen LogP contribution in [0.5, 0.6) is 0 Å². The smallest absolute Gasteiger partial charge is 0.392 e. The molecule has 9 atom stereocenters. The predicted molar refractivity (Wildman–Crippen MR) is 122 cm³/mol. The summed E-state index contributed by atoms with van der Waals surface area (Å²) in [5.41, 5.74) is 6.45. The molecule has 4 rings (SSSR count). The van der Waals surface area contributed by atoms with E-state index in [4.69, 9.17) is 0 Å². The molecular weight excluding hydrogens is 449 g/mol. The van der Waals surface area contributed by atoms with Crippen molar-refractivity contribution in [3.63, 3.8) is 0 Å². The molecule has 3 aliphatic heterocycles. The quantitative estimate of drug-likeness (QED) is 0.369. The third-order valence-electron chi connectivity index (χ3n) is 8.61. The number of nitrogens with zero attached hydrogens (tertiary/aromatic N) is 2. The van der Waals surface area contributed by atoms with Gasteiger partial charge in [-0.3, -0.25) is 20.3 Å².